The van der Waals surface area contributed by atoms with Gasteiger partial charge in [0.1, 0.15) is 5.82 Å². The van der Waals surface area contributed by atoms with Gasteiger partial charge in [0, 0.05) is 45.9 Å². The molecule has 7 heteroatoms. The molecule has 1 aromatic rings. The molecule has 1 aliphatic rings. The van der Waals surface area contributed by atoms with Crippen LogP contribution < -0.4 is 10.6 Å². The first kappa shape index (κ1) is 21.4. The number of halogens is 2. The third-order valence-corrected chi connectivity index (χ3v) is 7.01. The number of guanidine groups is 1. The maximum atomic E-state index is 13.8. The van der Waals surface area contributed by atoms with Crippen LogP contribution in [-0.4, -0.2) is 40.8 Å². The zero-order valence-electron chi connectivity index (χ0n) is 15.6. The largest absolute Gasteiger partial charge is 0.356 e. The number of hydrogen-bond donors (Lipinski definition) is 2. The molecule has 146 valence electrons. The van der Waals surface area contributed by atoms with E-state index in [1.165, 1.54) is 6.07 Å². The van der Waals surface area contributed by atoms with Crippen LogP contribution >= 0.6 is 15.9 Å². The van der Waals surface area contributed by atoms with E-state index < -0.39 is 10.8 Å². The molecule has 1 fully saturated rings. The molecule has 1 aromatic carbocycles. The van der Waals surface area contributed by atoms with Crippen LogP contribution in [0.5, 0.6) is 0 Å². The second-order valence-electron chi connectivity index (χ2n) is 6.64. The zero-order valence-corrected chi connectivity index (χ0v) is 18.0. The number of aliphatic imine (C=N–C) groups is 1. The Bertz CT molecular complexity index is 641. The number of hydrogen-bond acceptors (Lipinski definition) is 2. The molecule has 26 heavy (non-hydrogen) atoms. The van der Waals surface area contributed by atoms with Crippen molar-refractivity contribution in [2.75, 3.05) is 19.3 Å². The quantitative estimate of drug-likeness (QED) is 0.381. The molecule has 2 rings (SSSR count). The van der Waals surface area contributed by atoms with Gasteiger partial charge in [-0.3, -0.25) is 9.20 Å². The molecule has 0 spiro atoms. The Balaban J connectivity index is 1.74. The average Bonchev–Trinajstić information content (AvgIpc) is 2.65. The van der Waals surface area contributed by atoms with Crippen molar-refractivity contribution in [1.29, 1.82) is 0 Å². The van der Waals surface area contributed by atoms with Gasteiger partial charge in [0.25, 0.3) is 0 Å². The van der Waals surface area contributed by atoms with Gasteiger partial charge in [-0.15, -0.1) is 0 Å². The summed E-state index contributed by atoms with van der Waals surface area (Å²) < 4.78 is 26.7. The number of aryl methyl sites for hydroxylation is 1. The van der Waals surface area contributed by atoms with Crippen LogP contribution in [0.4, 0.5) is 4.39 Å². The molecule has 0 heterocycles. The molecule has 3 atom stereocenters. The highest BCUT2D eigenvalue weighted by Gasteiger charge is 2.25. The predicted molar refractivity (Wildman–Crippen MR) is 112 cm³/mol. The van der Waals surface area contributed by atoms with Crippen molar-refractivity contribution in [2.45, 2.75) is 56.7 Å². The minimum atomic E-state index is -0.722. The van der Waals surface area contributed by atoms with E-state index in [-0.39, 0.29) is 5.82 Å². The summed E-state index contributed by atoms with van der Waals surface area (Å²) in [5.41, 5.74) is 0.732. The van der Waals surface area contributed by atoms with Crippen LogP contribution in [0.3, 0.4) is 0 Å². The molecule has 0 radical (unpaired) electrons. The van der Waals surface area contributed by atoms with Crippen molar-refractivity contribution >= 4 is 32.7 Å². The Hall–Kier alpha value is -0.950. The molecule has 4 nitrogen and oxygen atoms in total. The number of nitrogens with zero attached hydrogens (tertiary/aromatic N) is 1. The molecule has 0 amide bonds. The normalized spacial score (nSPS) is 22.1. The Morgan fingerprint density at radius 3 is 2.92 bits per heavy atom. The Morgan fingerprint density at radius 1 is 1.42 bits per heavy atom. The topological polar surface area (TPSA) is 53.5 Å². The molecule has 0 saturated heterocycles. The Morgan fingerprint density at radius 2 is 2.23 bits per heavy atom. The van der Waals surface area contributed by atoms with Gasteiger partial charge < -0.3 is 10.6 Å². The Labute approximate surface area is 167 Å². The summed E-state index contributed by atoms with van der Waals surface area (Å²) in [7, 11) is 1.04. The molecular formula is C19H29BrFN3OS. The minimum Gasteiger partial charge on any atom is -0.356 e. The third kappa shape index (κ3) is 6.65. The van der Waals surface area contributed by atoms with Crippen molar-refractivity contribution in [3.63, 3.8) is 0 Å². The van der Waals surface area contributed by atoms with Gasteiger partial charge in [-0.1, -0.05) is 35.3 Å². The first-order valence-corrected chi connectivity index (χ1v) is 11.5. The second-order valence-corrected chi connectivity index (χ2v) is 9.56. The van der Waals surface area contributed by atoms with E-state index in [0.29, 0.717) is 17.7 Å². The molecule has 1 aliphatic carbocycles. The van der Waals surface area contributed by atoms with Crippen molar-refractivity contribution in [3.05, 3.63) is 34.1 Å². The average molecular weight is 446 g/mol. The summed E-state index contributed by atoms with van der Waals surface area (Å²) in [6.45, 7) is 2.72. The molecule has 0 aliphatic heterocycles. The summed E-state index contributed by atoms with van der Waals surface area (Å²) in [6.07, 6.45) is 5.70. The van der Waals surface area contributed by atoms with E-state index in [2.05, 4.69) is 31.6 Å². The van der Waals surface area contributed by atoms with Crippen molar-refractivity contribution in [1.82, 2.24) is 10.6 Å². The summed E-state index contributed by atoms with van der Waals surface area (Å²) in [5.74, 6) is 1.34. The van der Waals surface area contributed by atoms with E-state index in [4.69, 9.17) is 0 Å². The van der Waals surface area contributed by atoms with E-state index in [1.807, 2.05) is 19.1 Å². The lowest BCUT2D eigenvalue weighted by Gasteiger charge is -2.30. The molecule has 0 bridgehead atoms. The predicted octanol–water partition coefficient (Wildman–Crippen LogP) is 3.77. The summed E-state index contributed by atoms with van der Waals surface area (Å²) in [5, 5.41) is 7.06. The second kappa shape index (κ2) is 11.0. The van der Waals surface area contributed by atoms with Crippen LogP contribution in [0.15, 0.2) is 27.7 Å². The standard InChI is InChI=1S/C19H29BrFN3OS/c1-3-26(25)17-8-4-7-16(13-17)24-19(22-2)23-11-5-6-14-9-10-15(20)12-18(14)21/h9-10,12,16-17H,3-8,11,13H2,1-2H3,(H2,22,23,24). The maximum absolute atomic E-state index is 13.8. The third-order valence-electron chi connectivity index (χ3n) is 4.78. The van der Waals surface area contributed by atoms with E-state index >= 15 is 0 Å². The van der Waals surface area contributed by atoms with E-state index in [9.17, 15) is 8.60 Å². The highest BCUT2D eigenvalue weighted by atomic mass is 79.9. The SMILES string of the molecule is CCS(=O)C1CCCC(NC(=NC)NCCCc2ccc(Br)cc2F)C1. The highest BCUT2D eigenvalue weighted by molar-refractivity contribution is 9.10. The van der Waals surface area contributed by atoms with Gasteiger partial charge in [0.2, 0.25) is 0 Å². The van der Waals surface area contributed by atoms with Gasteiger partial charge >= 0.3 is 0 Å². The minimum absolute atomic E-state index is 0.168. The van der Waals surface area contributed by atoms with Crippen LogP contribution in [0.2, 0.25) is 0 Å². The molecular weight excluding hydrogens is 417 g/mol. The molecule has 2 N–H and O–H groups in total. The number of benzene rings is 1. The monoisotopic (exact) mass is 445 g/mol. The van der Waals surface area contributed by atoms with Crippen LogP contribution in [0.25, 0.3) is 0 Å². The van der Waals surface area contributed by atoms with Crippen LogP contribution in [0.1, 0.15) is 44.6 Å². The van der Waals surface area contributed by atoms with E-state index in [0.717, 1.165) is 60.4 Å². The number of rotatable bonds is 7. The summed E-state index contributed by atoms with van der Waals surface area (Å²) >= 11 is 3.28. The molecule has 0 aromatic heterocycles. The van der Waals surface area contributed by atoms with Gasteiger partial charge in [-0.25, -0.2) is 4.39 Å². The fraction of sp³-hybridized carbons (Fsp3) is 0.632. The van der Waals surface area contributed by atoms with Gasteiger partial charge in [-0.2, -0.15) is 0 Å². The first-order valence-electron chi connectivity index (χ1n) is 9.31. The fourth-order valence-electron chi connectivity index (χ4n) is 3.35. The van der Waals surface area contributed by atoms with E-state index in [1.54, 1.807) is 7.05 Å². The molecule has 1 saturated carbocycles. The van der Waals surface area contributed by atoms with Crippen molar-refractivity contribution in [2.24, 2.45) is 4.99 Å². The van der Waals surface area contributed by atoms with Crippen molar-refractivity contribution < 1.29 is 8.60 Å². The number of nitrogens with one attached hydrogen (secondary N) is 2. The lowest BCUT2D eigenvalue weighted by molar-refractivity contribution is 0.413. The van der Waals surface area contributed by atoms with Crippen LogP contribution in [-0.2, 0) is 17.2 Å². The lowest BCUT2D eigenvalue weighted by Crippen LogP contribution is -2.46. The van der Waals surface area contributed by atoms with Gasteiger partial charge in [0.15, 0.2) is 5.96 Å². The van der Waals surface area contributed by atoms with Crippen LogP contribution in [0, 0.1) is 5.82 Å². The molecule has 3 unspecified atom stereocenters. The summed E-state index contributed by atoms with van der Waals surface area (Å²) in [4.78, 5) is 4.28. The first-order chi connectivity index (χ1) is 12.5. The Kier molecular flexibility index (Phi) is 9.05. The lowest BCUT2D eigenvalue weighted by atomic mass is 9.95. The highest BCUT2D eigenvalue weighted by Crippen LogP contribution is 2.23. The fourth-order valence-corrected chi connectivity index (χ4v) is 5.03. The summed E-state index contributed by atoms with van der Waals surface area (Å²) in [6, 6.07) is 5.51. The van der Waals surface area contributed by atoms with Crippen molar-refractivity contribution in [3.8, 4) is 0 Å². The maximum Gasteiger partial charge on any atom is 0.191 e. The van der Waals surface area contributed by atoms with Gasteiger partial charge in [0.05, 0.1) is 0 Å². The smallest absolute Gasteiger partial charge is 0.191 e. The van der Waals surface area contributed by atoms with Gasteiger partial charge in [-0.05, 0) is 49.8 Å². The zero-order chi connectivity index (χ0) is 18.9.